The van der Waals surface area contributed by atoms with E-state index in [1.807, 2.05) is 36.4 Å². The van der Waals surface area contributed by atoms with Gasteiger partial charge in [-0.1, -0.05) is 60.7 Å². The largest absolute Gasteiger partial charge is 0.507 e. The third-order valence-corrected chi connectivity index (χ3v) is 4.24. The van der Waals surface area contributed by atoms with Crippen molar-refractivity contribution in [2.24, 2.45) is 0 Å². The summed E-state index contributed by atoms with van der Waals surface area (Å²) in [6, 6.07) is 17.4. The second-order valence-corrected chi connectivity index (χ2v) is 5.76. The van der Waals surface area contributed by atoms with Crippen molar-refractivity contribution in [3.8, 4) is 0 Å². The number of Topliss-reactive ketones (excluding diaryl/α,β-unsaturated/α-hetero) is 1. The Morgan fingerprint density at radius 3 is 2.24 bits per heavy atom. The molecule has 5 nitrogen and oxygen atoms in total. The average Bonchev–Trinajstić information content (AvgIpc) is 2.91. The molecule has 0 aromatic heterocycles. The maximum Gasteiger partial charge on any atom is 0.295 e. The van der Waals surface area contributed by atoms with Crippen LogP contribution in [0.4, 0.5) is 0 Å². The highest BCUT2D eigenvalue weighted by atomic mass is 16.5. The molecule has 2 aromatic rings. The number of methoxy groups -OCH3 is 1. The Morgan fingerprint density at radius 2 is 1.64 bits per heavy atom. The second kappa shape index (κ2) is 7.32. The normalized spacial score (nSPS) is 19.4. The first-order chi connectivity index (χ1) is 12.1. The summed E-state index contributed by atoms with van der Waals surface area (Å²) >= 11 is 0. The molecule has 1 aliphatic heterocycles. The standard InChI is InChI=1S/C20H19NO4/c1-25-13-12-21-17(14-8-4-2-5-9-14)16(19(23)20(21)24)18(22)15-10-6-3-7-11-15/h2-11,17,22H,12-13H2,1H3. The first-order valence-corrected chi connectivity index (χ1v) is 8.03. The highest BCUT2D eigenvalue weighted by molar-refractivity contribution is 6.46. The second-order valence-electron chi connectivity index (χ2n) is 5.76. The van der Waals surface area contributed by atoms with Gasteiger partial charge in [0.2, 0.25) is 0 Å². The molecular formula is C20H19NO4. The molecule has 0 saturated carbocycles. The summed E-state index contributed by atoms with van der Waals surface area (Å²) in [5, 5.41) is 10.7. The van der Waals surface area contributed by atoms with Crippen LogP contribution in [0.25, 0.3) is 5.76 Å². The van der Waals surface area contributed by atoms with Gasteiger partial charge in [-0.25, -0.2) is 0 Å². The number of amides is 1. The summed E-state index contributed by atoms with van der Waals surface area (Å²) in [5.41, 5.74) is 1.39. The number of carbonyl (C=O) groups excluding carboxylic acids is 2. The van der Waals surface area contributed by atoms with Crippen molar-refractivity contribution in [2.75, 3.05) is 20.3 Å². The molecule has 1 atom stereocenters. The minimum absolute atomic E-state index is 0.110. The number of likely N-dealkylation sites (tertiary alicyclic amines) is 1. The van der Waals surface area contributed by atoms with Crippen LogP contribution in [0, 0.1) is 0 Å². The number of benzene rings is 2. The molecule has 1 unspecified atom stereocenters. The van der Waals surface area contributed by atoms with Gasteiger partial charge in [-0.05, 0) is 5.56 Å². The van der Waals surface area contributed by atoms with Gasteiger partial charge in [0.1, 0.15) is 5.76 Å². The number of hydrogen-bond acceptors (Lipinski definition) is 4. The molecule has 25 heavy (non-hydrogen) atoms. The lowest BCUT2D eigenvalue weighted by Crippen LogP contribution is -2.32. The van der Waals surface area contributed by atoms with Crippen molar-refractivity contribution in [1.82, 2.24) is 4.90 Å². The Balaban J connectivity index is 2.14. The van der Waals surface area contributed by atoms with E-state index in [1.165, 1.54) is 12.0 Å². The monoisotopic (exact) mass is 337 g/mol. The number of rotatable bonds is 5. The Morgan fingerprint density at radius 1 is 1.04 bits per heavy atom. The van der Waals surface area contributed by atoms with Crippen molar-refractivity contribution in [1.29, 1.82) is 0 Å². The van der Waals surface area contributed by atoms with Crippen LogP contribution in [0.15, 0.2) is 66.2 Å². The molecule has 2 aromatic carbocycles. The SMILES string of the molecule is COCCN1C(=O)C(=O)C(=C(O)c2ccccc2)C1c1ccccc1. The van der Waals surface area contributed by atoms with E-state index in [4.69, 9.17) is 4.74 Å². The van der Waals surface area contributed by atoms with E-state index in [-0.39, 0.29) is 17.9 Å². The number of carbonyl (C=O) groups is 2. The number of aliphatic hydroxyl groups excluding tert-OH is 1. The van der Waals surface area contributed by atoms with Crippen molar-refractivity contribution in [3.63, 3.8) is 0 Å². The van der Waals surface area contributed by atoms with Crippen LogP contribution in [0.2, 0.25) is 0 Å². The van der Waals surface area contributed by atoms with Crippen molar-refractivity contribution < 1.29 is 19.4 Å². The number of nitrogens with zero attached hydrogens (tertiary/aromatic N) is 1. The van der Waals surface area contributed by atoms with Gasteiger partial charge in [-0.2, -0.15) is 0 Å². The third-order valence-electron chi connectivity index (χ3n) is 4.24. The highest BCUT2D eigenvalue weighted by Crippen LogP contribution is 2.38. The summed E-state index contributed by atoms with van der Waals surface area (Å²) in [5.74, 6) is -1.46. The lowest BCUT2D eigenvalue weighted by Gasteiger charge is -2.25. The van der Waals surface area contributed by atoms with E-state index in [0.717, 1.165) is 5.56 Å². The molecule has 5 heteroatoms. The third kappa shape index (κ3) is 3.19. The quantitative estimate of drug-likeness (QED) is 0.517. The molecule has 1 amide bonds. The average molecular weight is 337 g/mol. The molecule has 0 bridgehead atoms. The van der Waals surface area contributed by atoms with E-state index in [1.54, 1.807) is 24.3 Å². The Bertz CT molecular complexity index is 799. The lowest BCUT2D eigenvalue weighted by atomic mass is 9.95. The maximum absolute atomic E-state index is 12.6. The van der Waals surface area contributed by atoms with E-state index >= 15 is 0 Å². The van der Waals surface area contributed by atoms with Crippen LogP contribution in [-0.2, 0) is 14.3 Å². The zero-order valence-electron chi connectivity index (χ0n) is 13.9. The van der Waals surface area contributed by atoms with Crippen LogP contribution >= 0.6 is 0 Å². The number of ether oxygens (including phenoxy) is 1. The molecule has 1 aliphatic rings. The molecule has 128 valence electrons. The zero-order chi connectivity index (χ0) is 17.8. The summed E-state index contributed by atoms with van der Waals surface area (Å²) in [7, 11) is 1.54. The van der Waals surface area contributed by atoms with Crippen LogP contribution < -0.4 is 0 Å². The summed E-state index contributed by atoms with van der Waals surface area (Å²) < 4.78 is 5.07. The Kier molecular flexibility index (Phi) is 4.95. The predicted octanol–water partition coefficient (Wildman–Crippen LogP) is 2.75. The Hall–Kier alpha value is -2.92. The molecule has 0 spiro atoms. The van der Waals surface area contributed by atoms with Gasteiger partial charge in [-0.15, -0.1) is 0 Å². The minimum atomic E-state index is -0.675. The van der Waals surface area contributed by atoms with Crippen LogP contribution in [0.3, 0.4) is 0 Å². The first-order valence-electron chi connectivity index (χ1n) is 8.03. The smallest absolute Gasteiger partial charge is 0.295 e. The summed E-state index contributed by atoms with van der Waals surface area (Å²) in [6.07, 6.45) is 0. The molecular weight excluding hydrogens is 318 g/mol. The lowest BCUT2D eigenvalue weighted by molar-refractivity contribution is -0.140. The fourth-order valence-corrected chi connectivity index (χ4v) is 3.03. The van der Waals surface area contributed by atoms with E-state index in [9.17, 15) is 14.7 Å². The predicted molar refractivity (Wildman–Crippen MR) is 93.8 cm³/mol. The number of aliphatic hydroxyl groups is 1. The fourth-order valence-electron chi connectivity index (χ4n) is 3.03. The molecule has 1 heterocycles. The van der Waals surface area contributed by atoms with Gasteiger partial charge in [0.15, 0.2) is 0 Å². The van der Waals surface area contributed by atoms with Crippen molar-refractivity contribution >= 4 is 17.4 Å². The van der Waals surface area contributed by atoms with Crippen LogP contribution in [0.5, 0.6) is 0 Å². The molecule has 0 aliphatic carbocycles. The molecule has 1 saturated heterocycles. The topological polar surface area (TPSA) is 66.8 Å². The summed E-state index contributed by atoms with van der Waals surface area (Å²) in [6.45, 7) is 0.577. The van der Waals surface area contributed by atoms with Gasteiger partial charge >= 0.3 is 0 Å². The minimum Gasteiger partial charge on any atom is -0.507 e. The number of hydrogen-bond donors (Lipinski definition) is 1. The van der Waals surface area contributed by atoms with E-state index in [2.05, 4.69) is 0 Å². The fraction of sp³-hybridized carbons (Fsp3) is 0.200. The molecule has 1 N–H and O–H groups in total. The van der Waals surface area contributed by atoms with E-state index in [0.29, 0.717) is 12.2 Å². The molecule has 0 radical (unpaired) electrons. The van der Waals surface area contributed by atoms with Gasteiger partial charge in [0.25, 0.3) is 11.7 Å². The van der Waals surface area contributed by atoms with Crippen LogP contribution in [0.1, 0.15) is 17.2 Å². The Labute approximate surface area is 146 Å². The number of ketones is 1. The van der Waals surface area contributed by atoms with E-state index < -0.39 is 17.7 Å². The van der Waals surface area contributed by atoms with Crippen molar-refractivity contribution in [2.45, 2.75) is 6.04 Å². The maximum atomic E-state index is 12.6. The highest BCUT2D eigenvalue weighted by Gasteiger charge is 2.45. The summed E-state index contributed by atoms with van der Waals surface area (Å²) in [4.78, 5) is 26.6. The zero-order valence-corrected chi connectivity index (χ0v) is 13.9. The van der Waals surface area contributed by atoms with Gasteiger partial charge in [0.05, 0.1) is 18.2 Å². The van der Waals surface area contributed by atoms with Gasteiger partial charge in [-0.3, -0.25) is 9.59 Å². The van der Waals surface area contributed by atoms with Crippen molar-refractivity contribution in [3.05, 3.63) is 77.4 Å². The van der Waals surface area contributed by atoms with Gasteiger partial charge in [0, 0.05) is 19.2 Å². The molecule has 3 rings (SSSR count). The van der Waals surface area contributed by atoms with Gasteiger partial charge < -0.3 is 14.7 Å². The van der Waals surface area contributed by atoms with Crippen LogP contribution in [-0.4, -0.2) is 42.0 Å². The first kappa shape index (κ1) is 16.9. The molecule has 1 fully saturated rings.